The Morgan fingerprint density at radius 2 is 1.69 bits per heavy atom. The SMILES string of the molecule is COC(=O)[C@@H](Cc1ccc2ccccc2c1)NC(=O)c1cccc(NC(C)=O)c1. The van der Waals surface area contributed by atoms with Crippen LogP contribution in [0.4, 0.5) is 5.69 Å². The Morgan fingerprint density at radius 1 is 0.931 bits per heavy atom. The third-order valence-corrected chi connectivity index (χ3v) is 4.49. The minimum atomic E-state index is -0.835. The van der Waals surface area contributed by atoms with Gasteiger partial charge in [0.2, 0.25) is 5.91 Å². The highest BCUT2D eigenvalue weighted by Gasteiger charge is 2.23. The smallest absolute Gasteiger partial charge is 0.328 e. The van der Waals surface area contributed by atoms with Gasteiger partial charge in [-0.25, -0.2) is 4.79 Å². The van der Waals surface area contributed by atoms with E-state index in [1.165, 1.54) is 14.0 Å². The summed E-state index contributed by atoms with van der Waals surface area (Å²) < 4.78 is 4.87. The predicted molar refractivity (Wildman–Crippen MR) is 112 cm³/mol. The molecule has 0 unspecified atom stereocenters. The van der Waals surface area contributed by atoms with Gasteiger partial charge in [0.25, 0.3) is 5.91 Å². The van der Waals surface area contributed by atoms with Crippen LogP contribution in [0.1, 0.15) is 22.8 Å². The molecule has 0 saturated carbocycles. The number of esters is 1. The fourth-order valence-electron chi connectivity index (χ4n) is 3.12. The van der Waals surface area contributed by atoms with Crippen LogP contribution < -0.4 is 10.6 Å². The Kier molecular flexibility index (Phi) is 6.24. The summed E-state index contributed by atoms with van der Waals surface area (Å²) in [6.45, 7) is 1.39. The van der Waals surface area contributed by atoms with Gasteiger partial charge < -0.3 is 15.4 Å². The zero-order valence-corrected chi connectivity index (χ0v) is 16.3. The number of rotatable bonds is 6. The van der Waals surface area contributed by atoms with Gasteiger partial charge in [-0.05, 0) is 34.5 Å². The summed E-state index contributed by atoms with van der Waals surface area (Å²) in [6, 6.07) is 19.5. The van der Waals surface area contributed by atoms with Crippen molar-refractivity contribution in [2.75, 3.05) is 12.4 Å². The van der Waals surface area contributed by atoms with E-state index in [9.17, 15) is 14.4 Å². The zero-order valence-electron chi connectivity index (χ0n) is 16.3. The first-order valence-electron chi connectivity index (χ1n) is 9.20. The van der Waals surface area contributed by atoms with Gasteiger partial charge in [-0.15, -0.1) is 0 Å². The molecule has 0 aliphatic heterocycles. The van der Waals surface area contributed by atoms with E-state index in [1.54, 1.807) is 24.3 Å². The van der Waals surface area contributed by atoms with Crippen LogP contribution >= 0.6 is 0 Å². The molecule has 0 aliphatic carbocycles. The Balaban J connectivity index is 1.79. The van der Waals surface area contributed by atoms with Gasteiger partial charge in [0.1, 0.15) is 6.04 Å². The van der Waals surface area contributed by atoms with E-state index in [0.29, 0.717) is 17.7 Å². The summed E-state index contributed by atoms with van der Waals surface area (Å²) in [4.78, 5) is 36.2. The molecule has 148 valence electrons. The molecule has 3 rings (SSSR count). The van der Waals surface area contributed by atoms with Crippen LogP contribution in [-0.2, 0) is 20.7 Å². The minimum absolute atomic E-state index is 0.230. The molecule has 6 heteroatoms. The van der Waals surface area contributed by atoms with E-state index >= 15 is 0 Å². The lowest BCUT2D eigenvalue weighted by Gasteiger charge is -2.17. The molecule has 3 aromatic carbocycles. The predicted octanol–water partition coefficient (Wildman–Crippen LogP) is 3.31. The first-order valence-corrected chi connectivity index (χ1v) is 9.20. The molecule has 0 fully saturated rings. The highest BCUT2D eigenvalue weighted by molar-refractivity contribution is 5.98. The van der Waals surface area contributed by atoms with E-state index in [1.807, 2.05) is 42.5 Å². The molecule has 1 atom stereocenters. The van der Waals surface area contributed by atoms with E-state index < -0.39 is 17.9 Å². The summed E-state index contributed by atoms with van der Waals surface area (Å²) in [7, 11) is 1.29. The van der Waals surface area contributed by atoms with Crippen molar-refractivity contribution in [2.24, 2.45) is 0 Å². The van der Waals surface area contributed by atoms with Gasteiger partial charge in [0.15, 0.2) is 0 Å². The number of amides is 2. The van der Waals surface area contributed by atoms with Crippen molar-refractivity contribution >= 4 is 34.2 Å². The largest absolute Gasteiger partial charge is 0.467 e. The first-order chi connectivity index (χ1) is 14.0. The normalized spacial score (nSPS) is 11.5. The molecule has 2 amide bonds. The maximum absolute atomic E-state index is 12.7. The van der Waals surface area contributed by atoms with Crippen LogP contribution in [0.3, 0.4) is 0 Å². The highest BCUT2D eigenvalue weighted by Crippen LogP contribution is 2.17. The van der Waals surface area contributed by atoms with Crippen molar-refractivity contribution in [1.29, 1.82) is 0 Å². The summed E-state index contributed by atoms with van der Waals surface area (Å²) >= 11 is 0. The molecule has 6 nitrogen and oxygen atoms in total. The number of nitrogens with one attached hydrogen (secondary N) is 2. The lowest BCUT2D eigenvalue weighted by Crippen LogP contribution is -2.43. The average Bonchev–Trinajstić information content (AvgIpc) is 2.72. The lowest BCUT2D eigenvalue weighted by molar-refractivity contribution is -0.142. The van der Waals surface area contributed by atoms with Crippen molar-refractivity contribution in [3.05, 3.63) is 77.9 Å². The zero-order chi connectivity index (χ0) is 20.8. The molecule has 29 heavy (non-hydrogen) atoms. The molecule has 0 spiro atoms. The number of ether oxygens (including phenoxy) is 1. The van der Waals surface area contributed by atoms with Crippen molar-refractivity contribution in [2.45, 2.75) is 19.4 Å². The lowest BCUT2D eigenvalue weighted by atomic mass is 10.0. The van der Waals surface area contributed by atoms with E-state index in [2.05, 4.69) is 10.6 Å². The number of hydrogen-bond acceptors (Lipinski definition) is 4. The van der Waals surface area contributed by atoms with Crippen LogP contribution in [0, 0.1) is 0 Å². The van der Waals surface area contributed by atoms with Gasteiger partial charge >= 0.3 is 5.97 Å². The molecule has 0 radical (unpaired) electrons. The molecule has 2 N–H and O–H groups in total. The second-order valence-electron chi connectivity index (χ2n) is 6.70. The number of fused-ring (bicyclic) bond motifs is 1. The number of methoxy groups -OCH3 is 1. The molecule has 3 aromatic rings. The first kappa shape index (κ1) is 20.1. The monoisotopic (exact) mass is 390 g/mol. The van der Waals surface area contributed by atoms with Crippen LogP contribution in [-0.4, -0.2) is 30.9 Å². The number of carbonyl (C=O) groups is 3. The quantitative estimate of drug-likeness (QED) is 0.633. The number of hydrogen-bond donors (Lipinski definition) is 2. The number of carbonyl (C=O) groups excluding carboxylic acids is 3. The summed E-state index contributed by atoms with van der Waals surface area (Å²) in [5.74, 6) is -1.18. The van der Waals surface area contributed by atoms with Gasteiger partial charge in [-0.2, -0.15) is 0 Å². The summed E-state index contributed by atoms with van der Waals surface area (Å²) in [5, 5.41) is 7.53. The summed E-state index contributed by atoms with van der Waals surface area (Å²) in [6.07, 6.45) is 0.300. The maximum Gasteiger partial charge on any atom is 0.328 e. The molecular weight excluding hydrogens is 368 g/mol. The molecule has 0 saturated heterocycles. The number of benzene rings is 3. The second-order valence-corrected chi connectivity index (χ2v) is 6.70. The molecule has 0 aliphatic rings. The third-order valence-electron chi connectivity index (χ3n) is 4.49. The van der Waals surface area contributed by atoms with Crippen molar-refractivity contribution in [1.82, 2.24) is 5.32 Å². The van der Waals surface area contributed by atoms with Crippen LogP contribution in [0.2, 0.25) is 0 Å². The Bertz CT molecular complexity index is 1060. The van der Waals surface area contributed by atoms with Crippen molar-refractivity contribution in [3.63, 3.8) is 0 Å². The van der Waals surface area contributed by atoms with Crippen LogP contribution in [0.5, 0.6) is 0 Å². The van der Waals surface area contributed by atoms with E-state index in [0.717, 1.165) is 16.3 Å². The van der Waals surface area contributed by atoms with Gasteiger partial charge in [-0.1, -0.05) is 48.5 Å². The van der Waals surface area contributed by atoms with Gasteiger partial charge in [0.05, 0.1) is 7.11 Å². The van der Waals surface area contributed by atoms with Gasteiger partial charge in [0, 0.05) is 24.6 Å². The Labute approximate surface area is 168 Å². The van der Waals surface area contributed by atoms with Gasteiger partial charge in [-0.3, -0.25) is 9.59 Å². The van der Waals surface area contributed by atoms with Crippen LogP contribution in [0.15, 0.2) is 66.7 Å². The average molecular weight is 390 g/mol. The van der Waals surface area contributed by atoms with E-state index in [-0.39, 0.29) is 5.91 Å². The fraction of sp³-hybridized carbons (Fsp3) is 0.174. The van der Waals surface area contributed by atoms with Crippen molar-refractivity contribution < 1.29 is 19.1 Å². The second kappa shape index (κ2) is 9.01. The molecular formula is C23H22N2O4. The number of anilines is 1. The summed E-state index contributed by atoms with van der Waals surface area (Å²) in [5.41, 5.74) is 1.75. The standard InChI is InChI=1S/C23H22N2O4/c1-15(26)24-20-9-5-8-19(14-20)22(27)25-21(23(28)29-2)13-16-10-11-17-6-3-4-7-18(17)12-16/h3-12,14,21H,13H2,1-2H3,(H,24,26)(H,25,27)/t21-/m1/s1. The molecule has 0 bridgehead atoms. The minimum Gasteiger partial charge on any atom is -0.467 e. The Morgan fingerprint density at radius 3 is 2.41 bits per heavy atom. The Hall–Kier alpha value is -3.67. The maximum atomic E-state index is 12.7. The topological polar surface area (TPSA) is 84.5 Å². The third kappa shape index (κ3) is 5.19. The van der Waals surface area contributed by atoms with E-state index in [4.69, 9.17) is 4.74 Å². The van der Waals surface area contributed by atoms with Crippen molar-refractivity contribution in [3.8, 4) is 0 Å². The molecule has 0 aromatic heterocycles. The fourth-order valence-corrected chi connectivity index (χ4v) is 3.12. The molecule has 0 heterocycles. The van der Waals surface area contributed by atoms with Crippen LogP contribution in [0.25, 0.3) is 10.8 Å². The highest BCUT2D eigenvalue weighted by atomic mass is 16.5.